The second kappa shape index (κ2) is 6.62. The molecule has 0 N–H and O–H groups in total. The van der Waals surface area contributed by atoms with Crippen LogP contribution in [0.4, 0.5) is 0 Å². The molecule has 0 bridgehead atoms. The second-order valence-corrected chi connectivity index (χ2v) is 3.18. The second-order valence-electron chi connectivity index (χ2n) is 2.26. The summed E-state index contributed by atoms with van der Waals surface area (Å²) in [6.07, 6.45) is 5.16. The average Bonchev–Trinajstić information content (AvgIpc) is 2.03. The maximum Gasteiger partial charge on any atom is 0.0676 e. The van der Waals surface area contributed by atoms with Gasteiger partial charge in [-0.1, -0.05) is 28.9 Å². The van der Waals surface area contributed by atoms with E-state index in [0.717, 1.165) is 17.5 Å². The van der Waals surface area contributed by atoms with Crippen molar-refractivity contribution in [2.45, 2.75) is 20.3 Å². The molecular formula is C9H15BrO. The Balaban J connectivity index is 4.10. The molecule has 0 spiro atoms. The van der Waals surface area contributed by atoms with E-state index in [9.17, 15) is 0 Å². The number of hydrogen-bond donors (Lipinski definition) is 0. The van der Waals surface area contributed by atoms with E-state index >= 15 is 0 Å². The number of halogens is 1. The van der Waals surface area contributed by atoms with Gasteiger partial charge in [0.05, 0.1) is 6.61 Å². The van der Waals surface area contributed by atoms with Gasteiger partial charge in [0, 0.05) is 11.6 Å². The number of allylic oxidation sites excluding steroid dienone is 3. The Kier molecular flexibility index (Phi) is 6.57. The molecule has 0 amide bonds. The third kappa shape index (κ3) is 5.22. The van der Waals surface area contributed by atoms with E-state index in [0.29, 0.717) is 0 Å². The fourth-order valence-electron chi connectivity index (χ4n) is 0.710. The van der Waals surface area contributed by atoms with Crippen LogP contribution in [-0.4, -0.2) is 13.7 Å². The lowest BCUT2D eigenvalue weighted by molar-refractivity contribution is 0.223. The van der Waals surface area contributed by atoms with E-state index in [2.05, 4.69) is 28.9 Å². The Hall–Kier alpha value is -0.0800. The summed E-state index contributed by atoms with van der Waals surface area (Å²) in [5.41, 5.74) is 1.30. The molecular weight excluding hydrogens is 204 g/mol. The molecule has 1 nitrogen and oxygen atoms in total. The topological polar surface area (TPSA) is 9.23 Å². The van der Waals surface area contributed by atoms with Crippen LogP contribution >= 0.6 is 15.9 Å². The first-order chi connectivity index (χ1) is 5.24. The normalized spacial score (nSPS) is 13.8. The standard InChI is InChI=1S/C9H15BrO/c1-4-8(7-11-3)6-9(10)5-2/h5-6H,4,7H2,1-3H3/b8-6+,9-5+. The molecule has 0 aromatic heterocycles. The van der Waals surface area contributed by atoms with Crippen molar-refractivity contribution in [3.05, 3.63) is 22.2 Å². The van der Waals surface area contributed by atoms with Crippen LogP contribution in [0.1, 0.15) is 20.3 Å². The summed E-state index contributed by atoms with van der Waals surface area (Å²) in [5.74, 6) is 0. The predicted molar refractivity (Wildman–Crippen MR) is 52.9 cm³/mol. The molecule has 64 valence electrons. The van der Waals surface area contributed by atoms with Gasteiger partial charge in [-0.2, -0.15) is 0 Å². The van der Waals surface area contributed by atoms with Crippen molar-refractivity contribution < 1.29 is 4.74 Å². The third-order valence-electron chi connectivity index (χ3n) is 1.40. The molecule has 0 aromatic rings. The van der Waals surface area contributed by atoms with Gasteiger partial charge in [0.2, 0.25) is 0 Å². The molecule has 0 heterocycles. The summed E-state index contributed by atoms with van der Waals surface area (Å²) < 4.78 is 6.14. The first-order valence-corrected chi connectivity index (χ1v) is 4.54. The highest BCUT2D eigenvalue weighted by molar-refractivity contribution is 9.11. The van der Waals surface area contributed by atoms with E-state index in [4.69, 9.17) is 4.74 Å². The van der Waals surface area contributed by atoms with Gasteiger partial charge < -0.3 is 4.74 Å². The Morgan fingerprint density at radius 1 is 1.55 bits per heavy atom. The molecule has 0 aliphatic rings. The molecule has 0 aromatic carbocycles. The SMILES string of the molecule is C/C=C(Br)\C=C(/CC)COC. The van der Waals surface area contributed by atoms with Crippen molar-refractivity contribution in [2.75, 3.05) is 13.7 Å². The molecule has 11 heavy (non-hydrogen) atoms. The van der Waals surface area contributed by atoms with Crippen LogP contribution in [-0.2, 0) is 4.74 Å². The van der Waals surface area contributed by atoms with E-state index in [1.165, 1.54) is 5.57 Å². The largest absolute Gasteiger partial charge is 0.380 e. The lowest BCUT2D eigenvalue weighted by Gasteiger charge is -2.01. The monoisotopic (exact) mass is 218 g/mol. The molecule has 0 fully saturated rings. The van der Waals surface area contributed by atoms with Crippen molar-refractivity contribution in [3.63, 3.8) is 0 Å². The smallest absolute Gasteiger partial charge is 0.0676 e. The van der Waals surface area contributed by atoms with Gasteiger partial charge >= 0.3 is 0 Å². The molecule has 0 unspecified atom stereocenters. The zero-order valence-electron chi connectivity index (χ0n) is 7.36. The summed E-state index contributed by atoms with van der Waals surface area (Å²) in [7, 11) is 1.72. The van der Waals surface area contributed by atoms with Gasteiger partial charge in [-0.05, 0) is 25.0 Å². The zero-order chi connectivity index (χ0) is 8.69. The van der Waals surface area contributed by atoms with Crippen LogP contribution in [0.3, 0.4) is 0 Å². The minimum Gasteiger partial charge on any atom is -0.380 e. The molecule has 0 saturated carbocycles. The summed E-state index contributed by atoms with van der Waals surface area (Å²) >= 11 is 3.42. The van der Waals surface area contributed by atoms with E-state index in [1.54, 1.807) is 7.11 Å². The number of rotatable bonds is 4. The summed E-state index contributed by atoms with van der Waals surface area (Å²) in [6.45, 7) is 4.85. The average molecular weight is 219 g/mol. The molecule has 2 heteroatoms. The first-order valence-electron chi connectivity index (χ1n) is 3.74. The highest BCUT2D eigenvalue weighted by Crippen LogP contribution is 2.11. The van der Waals surface area contributed by atoms with Crippen LogP contribution in [0.15, 0.2) is 22.2 Å². The summed E-state index contributed by atoms with van der Waals surface area (Å²) in [5, 5.41) is 0. The van der Waals surface area contributed by atoms with Crippen LogP contribution in [0.25, 0.3) is 0 Å². The van der Waals surface area contributed by atoms with Gasteiger partial charge in [0.1, 0.15) is 0 Å². The van der Waals surface area contributed by atoms with Crippen molar-refractivity contribution >= 4 is 15.9 Å². The molecule has 0 saturated heterocycles. The van der Waals surface area contributed by atoms with Crippen molar-refractivity contribution in [1.29, 1.82) is 0 Å². The van der Waals surface area contributed by atoms with Gasteiger partial charge in [-0.3, -0.25) is 0 Å². The number of ether oxygens (including phenoxy) is 1. The Bertz CT molecular complexity index is 159. The number of hydrogen-bond acceptors (Lipinski definition) is 1. The predicted octanol–water partition coefficient (Wildman–Crippen LogP) is 3.27. The Morgan fingerprint density at radius 2 is 2.18 bits per heavy atom. The Labute approximate surface area is 77.3 Å². The highest BCUT2D eigenvalue weighted by atomic mass is 79.9. The van der Waals surface area contributed by atoms with Gasteiger partial charge in [0.15, 0.2) is 0 Å². The quantitative estimate of drug-likeness (QED) is 0.659. The van der Waals surface area contributed by atoms with Gasteiger partial charge in [-0.15, -0.1) is 0 Å². The van der Waals surface area contributed by atoms with E-state index < -0.39 is 0 Å². The van der Waals surface area contributed by atoms with Gasteiger partial charge in [-0.25, -0.2) is 0 Å². The lowest BCUT2D eigenvalue weighted by Crippen LogP contribution is -1.92. The number of methoxy groups -OCH3 is 1. The minimum absolute atomic E-state index is 0.722. The fraction of sp³-hybridized carbons (Fsp3) is 0.556. The summed E-state index contributed by atoms with van der Waals surface area (Å²) in [4.78, 5) is 0. The molecule has 0 rings (SSSR count). The minimum atomic E-state index is 0.722. The van der Waals surface area contributed by atoms with E-state index in [-0.39, 0.29) is 0 Å². The van der Waals surface area contributed by atoms with Crippen LogP contribution in [0.2, 0.25) is 0 Å². The van der Waals surface area contributed by atoms with E-state index in [1.807, 2.05) is 13.0 Å². The van der Waals surface area contributed by atoms with Crippen LogP contribution < -0.4 is 0 Å². The van der Waals surface area contributed by atoms with Gasteiger partial charge in [0.25, 0.3) is 0 Å². The first kappa shape index (κ1) is 10.9. The maximum absolute atomic E-state index is 5.02. The fourth-order valence-corrected chi connectivity index (χ4v) is 1.03. The highest BCUT2D eigenvalue weighted by Gasteiger charge is 1.92. The third-order valence-corrected chi connectivity index (χ3v) is 2.09. The summed E-state index contributed by atoms with van der Waals surface area (Å²) in [6, 6.07) is 0. The molecule has 0 aliphatic heterocycles. The van der Waals surface area contributed by atoms with Crippen molar-refractivity contribution in [1.82, 2.24) is 0 Å². The Morgan fingerprint density at radius 3 is 2.55 bits per heavy atom. The molecule has 0 atom stereocenters. The van der Waals surface area contributed by atoms with Crippen molar-refractivity contribution in [2.24, 2.45) is 0 Å². The lowest BCUT2D eigenvalue weighted by atomic mass is 10.2. The van der Waals surface area contributed by atoms with Crippen LogP contribution in [0.5, 0.6) is 0 Å². The molecule has 0 aliphatic carbocycles. The van der Waals surface area contributed by atoms with Crippen LogP contribution in [0, 0.1) is 0 Å². The zero-order valence-corrected chi connectivity index (χ0v) is 8.94. The molecule has 0 radical (unpaired) electrons. The maximum atomic E-state index is 5.02. The van der Waals surface area contributed by atoms with Crippen molar-refractivity contribution in [3.8, 4) is 0 Å².